The second kappa shape index (κ2) is 8.33. The van der Waals surface area contributed by atoms with Crippen LogP contribution >= 0.6 is 23.4 Å². The number of rotatable bonds is 7. The van der Waals surface area contributed by atoms with Crippen LogP contribution in [0.2, 0.25) is 5.02 Å². The highest BCUT2D eigenvalue weighted by molar-refractivity contribution is 8.00. The van der Waals surface area contributed by atoms with Gasteiger partial charge in [0.1, 0.15) is 11.4 Å². The van der Waals surface area contributed by atoms with E-state index in [9.17, 15) is 4.79 Å². The zero-order valence-electron chi connectivity index (χ0n) is 14.3. The molecule has 0 aliphatic carbocycles. The van der Waals surface area contributed by atoms with E-state index in [1.165, 1.54) is 11.8 Å². The van der Waals surface area contributed by atoms with Crippen LogP contribution in [0.1, 0.15) is 24.2 Å². The van der Waals surface area contributed by atoms with Crippen LogP contribution in [0.15, 0.2) is 53.7 Å². The SMILES string of the molecule is CCOc1ccccc1-n1nnnc1S[C@H](C)C(=O)c1ccc(Cl)cc1. The van der Waals surface area contributed by atoms with Crippen LogP contribution in [0.3, 0.4) is 0 Å². The van der Waals surface area contributed by atoms with Gasteiger partial charge in [-0.3, -0.25) is 4.79 Å². The van der Waals surface area contributed by atoms with Gasteiger partial charge in [0.25, 0.3) is 0 Å². The summed E-state index contributed by atoms with van der Waals surface area (Å²) in [4.78, 5) is 12.6. The largest absolute Gasteiger partial charge is 0.492 e. The number of Topliss-reactive ketones (excluding diaryl/α,β-unsaturated/α-hetero) is 1. The summed E-state index contributed by atoms with van der Waals surface area (Å²) < 4.78 is 7.23. The van der Waals surface area contributed by atoms with Crippen molar-refractivity contribution in [3.8, 4) is 11.4 Å². The quantitative estimate of drug-likeness (QED) is 0.448. The maximum atomic E-state index is 12.6. The van der Waals surface area contributed by atoms with Gasteiger partial charge in [0, 0.05) is 10.6 Å². The summed E-state index contributed by atoms with van der Waals surface area (Å²) >= 11 is 7.18. The fourth-order valence-electron chi connectivity index (χ4n) is 2.37. The molecular weight excluding hydrogens is 372 g/mol. The van der Waals surface area contributed by atoms with Crippen LogP contribution in [0.5, 0.6) is 5.75 Å². The highest BCUT2D eigenvalue weighted by atomic mass is 35.5. The van der Waals surface area contributed by atoms with Crippen LogP contribution < -0.4 is 4.74 Å². The average Bonchev–Trinajstić information content (AvgIpc) is 3.10. The number of ketones is 1. The lowest BCUT2D eigenvalue weighted by molar-refractivity contribution is 0.0994. The lowest BCUT2D eigenvalue weighted by Gasteiger charge is -2.12. The zero-order valence-corrected chi connectivity index (χ0v) is 15.9. The first-order valence-corrected chi connectivity index (χ1v) is 9.33. The fraction of sp³-hybridized carbons (Fsp3) is 0.222. The van der Waals surface area contributed by atoms with Gasteiger partial charge in [0.05, 0.1) is 11.9 Å². The van der Waals surface area contributed by atoms with E-state index in [-0.39, 0.29) is 11.0 Å². The summed E-state index contributed by atoms with van der Waals surface area (Å²) in [6.45, 7) is 4.28. The number of halogens is 1. The molecule has 2 aromatic carbocycles. The number of hydrogen-bond acceptors (Lipinski definition) is 6. The van der Waals surface area contributed by atoms with E-state index in [0.29, 0.717) is 28.1 Å². The lowest BCUT2D eigenvalue weighted by Crippen LogP contribution is -2.14. The number of nitrogens with zero attached hydrogens (tertiary/aromatic N) is 4. The topological polar surface area (TPSA) is 69.9 Å². The molecule has 3 rings (SSSR count). The minimum absolute atomic E-state index is 0.0145. The fourth-order valence-corrected chi connectivity index (χ4v) is 3.38. The number of carbonyl (C=O) groups is 1. The molecule has 26 heavy (non-hydrogen) atoms. The summed E-state index contributed by atoms with van der Waals surface area (Å²) in [7, 11) is 0. The Morgan fingerprint density at radius 2 is 1.96 bits per heavy atom. The van der Waals surface area contributed by atoms with Crippen molar-refractivity contribution in [1.29, 1.82) is 0 Å². The molecule has 0 fully saturated rings. The molecule has 1 aromatic heterocycles. The Morgan fingerprint density at radius 3 is 2.69 bits per heavy atom. The summed E-state index contributed by atoms with van der Waals surface area (Å²) in [6, 6.07) is 14.3. The van der Waals surface area contributed by atoms with Crippen molar-refractivity contribution in [3.05, 3.63) is 59.1 Å². The molecule has 1 heterocycles. The van der Waals surface area contributed by atoms with Crippen LogP contribution in [0, 0.1) is 0 Å². The molecule has 0 saturated heterocycles. The molecule has 3 aromatic rings. The number of para-hydroxylation sites is 2. The van der Waals surface area contributed by atoms with E-state index in [2.05, 4.69) is 15.5 Å². The van der Waals surface area contributed by atoms with Gasteiger partial charge in [-0.05, 0) is 60.7 Å². The predicted molar refractivity (Wildman–Crippen MR) is 101 cm³/mol. The van der Waals surface area contributed by atoms with Crippen molar-refractivity contribution in [2.75, 3.05) is 6.61 Å². The van der Waals surface area contributed by atoms with Crippen LogP contribution in [0.25, 0.3) is 5.69 Å². The second-order valence-corrected chi connectivity index (χ2v) is 7.15. The number of hydrogen-bond donors (Lipinski definition) is 0. The predicted octanol–water partition coefficient (Wildman–Crippen LogP) is 4.08. The summed E-state index contributed by atoms with van der Waals surface area (Å²) in [5.74, 6) is 0.667. The lowest BCUT2D eigenvalue weighted by atomic mass is 10.1. The molecule has 0 aliphatic rings. The Labute approximate surface area is 160 Å². The maximum absolute atomic E-state index is 12.6. The Bertz CT molecular complexity index is 898. The van der Waals surface area contributed by atoms with Gasteiger partial charge in [-0.1, -0.05) is 35.5 Å². The first-order valence-electron chi connectivity index (χ1n) is 8.07. The minimum Gasteiger partial charge on any atom is -0.492 e. The van der Waals surface area contributed by atoms with Crippen molar-refractivity contribution in [2.24, 2.45) is 0 Å². The molecule has 0 saturated carbocycles. The van der Waals surface area contributed by atoms with Crippen LogP contribution in [-0.2, 0) is 0 Å². The number of benzene rings is 2. The van der Waals surface area contributed by atoms with E-state index in [4.69, 9.17) is 16.3 Å². The van der Waals surface area contributed by atoms with E-state index in [1.807, 2.05) is 38.1 Å². The first-order chi connectivity index (χ1) is 12.6. The highest BCUT2D eigenvalue weighted by Crippen LogP contribution is 2.29. The second-order valence-electron chi connectivity index (χ2n) is 5.41. The number of ether oxygens (including phenoxy) is 1. The molecule has 0 radical (unpaired) electrons. The standard InChI is InChI=1S/C18H17ClN4O2S/c1-3-25-16-7-5-4-6-15(16)23-18(20-21-22-23)26-12(2)17(24)13-8-10-14(19)11-9-13/h4-12H,3H2,1-2H3/t12-/m1/s1. The molecular formula is C18H17ClN4O2S. The summed E-state index contributed by atoms with van der Waals surface area (Å²) in [6.07, 6.45) is 0. The minimum atomic E-state index is -0.361. The summed E-state index contributed by atoms with van der Waals surface area (Å²) in [5.41, 5.74) is 1.33. The van der Waals surface area contributed by atoms with E-state index >= 15 is 0 Å². The van der Waals surface area contributed by atoms with Crippen molar-refractivity contribution in [3.63, 3.8) is 0 Å². The molecule has 0 amide bonds. The van der Waals surface area contributed by atoms with E-state index in [1.54, 1.807) is 28.9 Å². The number of tetrazole rings is 1. The number of carbonyl (C=O) groups excluding carboxylic acids is 1. The van der Waals surface area contributed by atoms with E-state index < -0.39 is 0 Å². The van der Waals surface area contributed by atoms with Crippen molar-refractivity contribution in [2.45, 2.75) is 24.3 Å². The van der Waals surface area contributed by atoms with Gasteiger partial charge < -0.3 is 4.74 Å². The molecule has 0 spiro atoms. The molecule has 0 unspecified atom stereocenters. The van der Waals surface area contributed by atoms with Crippen LogP contribution in [0.4, 0.5) is 0 Å². The molecule has 8 heteroatoms. The smallest absolute Gasteiger partial charge is 0.214 e. The molecule has 0 bridgehead atoms. The third kappa shape index (κ3) is 4.05. The molecule has 0 aliphatic heterocycles. The molecule has 1 atom stereocenters. The van der Waals surface area contributed by atoms with Gasteiger partial charge >= 0.3 is 0 Å². The third-order valence-electron chi connectivity index (χ3n) is 3.61. The maximum Gasteiger partial charge on any atom is 0.214 e. The highest BCUT2D eigenvalue weighted by Gasteiger charge is 2.21. The van der Waals surface area contributed by atoms with Crippen LogP contribution in [-0.4, -0.2) is 37.8 Å². The van der Waals surface area contributed by atoms with Gasteiger partial charge in [-0.2, -0.15) is 4.68 Å². The third-order valence-corrected chi connectivity index (χ3v) is 4.90. The van der Waals surface area contributed by atoms with Crippen molar-refractivity contribution < 1.29 is 9.53 Å². The van der Waals surface area contributed by atoms with Gasteiger partial charge in [0.2, 0.25) is 5.16 Å². The molecule has 134 valence electrons. The number of aromatic nitrogens is 4. The Kier molecular flexibility index (Phi) is 5.90. The average molecular weight is 389 g/mol. The van der Waals surface area contributed by atoms with Gasteiger partial charge in [-0.25, -0.2) is 0 Å². The first kappa shape index (κ1) is 18.4. The van der Waals surface area contributed by atoms with Gasteiger partial charge in [0.15, 0.2) is 5.78 Å². The van der Waals surface area contributed by atoms with Crippen molar-refractivity contribution >= 4 is 29.1 Å². The molecule has 6 nitrogen and oxygen atoms in total. The molecule has 0 N–H and O–H groups in total. The Balaban J connectivity index is 1.83. The summed E-state index contributed by atoms with van der Waals surface area (Å²) in [5, 5.41) is 12.6. The zero-order chi connectivity index (χ0) is 18.5. The van der Waals surface area contributed by atoms with E-state index in [0.717, 1.165) is 5.69 Å². The Morgan fingerprint density at radius 1 is 1.23 bits per heavy atom. The van der Waals surface area contributed by atoms with Gasteiger partial charge in [-0.15, -0.1) is 5.10 Å². The number of thioether (sulfide) groups is 1. The van der Waals surface area contributed by atoms with Crippen molar-refractivity contribution in [1.82, 2.24) is 20.2 Å². The Hall–Kier alpha value is -2.38. The normalized spacial score (nSPS) is 12.0. The monoisotopic (exact) mass is 388 g/mol.